The Hall–Kier alpha value is -2.31. The summed E-state index contributed by atoms with van der Waals surface area (Å²) in [5, 5.41) is 22.7. The third-order valence-corrected chi connectivity index (χ3v) is 2.22. The number of nitrogens with zero attached hydrogens (tertiary/aromatic N) is 1. The van der Waals surface area contributed by atoms with Gasteiger partial charge in [0, 0.05) is 18.5 Å². The van der Waals surface area contributed by atoms with Gasteiger partial charge in [0.2, 0.25) is 0 Å². The minimum absolute atomic E-state index is 0.0334. The second-order valence-corrected chi connectivity index (χ2v) is 3.83. The molecule has 0 bridgehead atoms. The number of phenolic OH excluding ortho intramolecular Hbond substituents is 1. The molecule has 0 aliphatic rings. The summed E-state index contributed by atoms with van der Waals surface area (Å²) < 4.78 is 13.4. The zero-order valence-electron chi connectivity index (χ0n) is 9.72. The van der Waals surface area contributed by atoms with Gasteiger partial charge in [-0.2, -0.15) is 0 Å². The van der Waals surface area contributed by atoms with Crippen molar-refractivity contribution in [2.45, 2.75) is 19.4 Å². The molecule has 1 aromatic rings. The average Bonchev–Trinajstić information content (AvgIpc) is 2.28. The zero-order chi connectivity index (χ0) is 13.7. The molecular formula is C11H14FN3O3. The van der Waals surface area contributed by atoms with Crippen LogP contribution >= 0.6 is 0 Å². The standard InChI is InChI=1S/C11H14FN3O3/c1-6(4-10(13)15-18)14-11(17)8-3-2-7(16)5-9(8)12/h2-3,5-6,16,18H,4H2,1H3,(H2,13,15)(H,14,17). The maximum absolute atomic E-state index is 13.4. The van der Waals surface area contributed by atoms with Crippen molar-refractivity contribution < 1.29 is 19.5 Å². The molecule has 1 amide bonds. The van der Waals surface area contributed by atoms with Crippen molar-refractivity contribution in [2.75, 3.05) is 0 Å². The number of hydrogen-bond acceptors (Lipinski definition) is 4. The first-order valence-electron chi connectivity index (χ1n) is 5.19. The van der Waals surface area contributed by atoms with Crippen LogP contribution in [0.2, 0.25) is 0 Å². The Morgan fingerprint density at radius 3 is 2.83 bits per heavy atom. The number of halogens is 1. The van der Waals surface area contributed by atoms with Crippen LogP contribution in [0.5, 0.6) is 5.75 Å². The van der Waals surface area contributed by atoms with Crippen molar-refractivity contribution in [1.82, 2.24) is 5.32 Å². The molecule has 1 unspecified atom stereocenters. The van der Waals surface area contributed by atoms with Crippen LogP contribution in [0.4, 0.5) is 4.39 Å². The maximum Gasteiger partial charge on any atom is 0.254 e. The van der Waals surface area contributed by atoms with E-state index in [1.54, 1.807) is 6.92 Å². The zero-order valence-corrected chi connectivity index (χ0v) is 9.72. The van der Waals surface area contributed by atoms with Crippen molar-refractivity contribution in [3.63, 3.8) is 0 Å². The highest BCUT2D eigenvalue weighted by molar-refractivity contribution is 5.95. The first-order chi connectivity index (χ1) is 8.43. The van der Waals surface area contributed by atoms with E-state index in [0.717, 1.165) is 6.07 Å². The number of benzene rings is 1. The molecule has 0 fully saturated rings. The van der Waals surface area contributed by atoms with Gasteiger partial charge in [0.1, 0.15) is 17.4 Å². The fraction of sp³-hybridized carbons (Fsp3) is 0.273. The summed E-state index contributed by atoms with van der Waals surface area (Å²) in [7, 11) is 0. The minimum Gasteiger partial charge on any atom is -0.508 e. The molecule has 7 heteroatoms. The topological polar surface area (TPSA) is 108 Å². The van der Waals surface area contributed by atoms with Crippen LogP contribution in [-0.4, -0.2) is 28.1 Å². The smallest absolute Gasteiger partial charge is 0.254 e. The lowest BCUT2D eigenvalue weighted by atomic mass is 10.1. The van der Waals surface area contributed by atoms with Gasteiger partial charge in [-0.05, 0) is 19.1 Å². The van der Waals surface area contributed by atoms with Crippen LogP contribution in [-0.2, 0) is 0 Å². The van der Waals surface area contributed by atoms with Gasteiger partial charge in [-0.1, -0.05) is 5.16 Å². The summed E-state index contributed by atoms with van der Waals surface area (Å²) in [6.07, 6.45) is 0.141. The highest BCUT2D eigenvalue weighted by Crippen LogP contribution is 2.15. The molecule has 6 nitrogen and oxygen atoms in total. The number of amidine groups is 1. The average molecular weight is 255 g/mol. The monoisotopic (exact) mass is 255 g/mol. The van der Waals surface area contributed by atoms with Gasteiger partial charge >= 0.3 is 0 Å². The van der Waals surface area contributed by atoms with E-state index in [0.29, 0.717) is 0 Å². The molecule has 0 aliphatic carbocycles. The lowest BCUT2D eigenvalue weighted by Crippen LogP contribution is -2.36. The Morgan fingerprint density at radius 1 is 1.61 bits per heavy atom. The highest BCUT2D eigenvalue weighted by Gasteiger charge is 2.15. The summed E-state index contributed by atoms with van der Waals surface area (Å²) in [5.41, 5.74) is 5.10. The van der Waals surface area contributed by atoms with E-state index in [2.05, 4.69) is 10.5 Å². The second-order valence-electron chi connectivity index (χ2n) is 3.83. The van der Waals surface area contributed by atoms with Crippen molar-refractivity contribution in [3.05, 3.63) is 29.6 Å². The van der Waals surface area contributed by atoms with Crippen LogP contribution in [0.25, 0.3) is 0 Å². The molecule has 0 aromatic heterocycles. The summed E-state index contributed by atoms with van der Waals surface area (Å²) in [6, 6.07) is 2.83. The van der Waals surface area contributed by atoms with E-state index >= 15 is 0 Å². The first-order valence-corrected chi connectivity index (χ1v) is 5.19. The Morgan fingerprint density at radius 2 is 2.28 bits per heavy atom. The molecule has 1 rings (SSSR count). The van der Waals surface area contributed by atoms with Gasteiger partial charge in [-0.25, -0.2) is 4.39 Å². The van der Waals surface area contributed by atoms with Crippen LogP contribution < -0.4 is 11.1 Å². The molecule has 1 aromatic carbocycles. The van der Waals surface area contributed by atoms with Gasteiger partial charge in [0.05, 0.1) is 5.56 Å². The molecule has 0 spiro atoms. The molecule has 5 N–H and O–H groups in total. The molecule has 0 saturated carbocycles. The molecule has 98 valence electrons. The Kier molecular flexibility index (Phi) is 4.47. The molecule has 0 radical (unpaired) electrons. The van der Waals surface area contributed by atoms with Crippen LogP contribution in [0.3, 0.4) is 0 Å². The van der Waals surface area contributed by atoms with Gasteiger partial charge < -0.3 is 21.4 Å². The Bertz CT molecular complexity index is 477. The molecular weight excluding hydrogens is 241 g/mol. The van der Waals surface area contributed by atoms with Crippen molar-refractivity contribution in [1.29, 1.82) is 0 Å². The molecule has 1 atom stereocenters. The predicted octanol–water partition coefficient (Wildman–Crippen LogP) is 0.786. The van der Waals surface area contributed by atoms with E-state index in [-0.39, 0.29) is 23.6 Å². The number of phenols is 1. The first kappa shape index (κ1) is 13.8. The number of nitrogens with two attached hydrogens (primary N) is 1. The number of carbonyl (C=O) groups is 1. The van der Waals surface area contributed by atoms with Crippen molar-refractivity contribution in [3.8, 4) is 5.75 Å². The number of oxime groups is 1. The summed E-state index contributed by atoms with van der Waals surface area (Å²) in [4.78, 5) is 11.7. The Labute approximate surface area is 103 Å². The summed E-state index contributed by atoms with van der Waals surface area (Å²) in [6.45, 7) is 1.63. The molecule has 0 aliphatic heterocycles. The van der Waals surface area contributed by atoms with Crippen LogP contribution in [0.15, 0.2) is 23.4 Å². The maximum atomic E-state index is 13.4. The number of rotatable bonds is 4. The van der Waals surface area contributed by atoms with E-state index in [1.165, 1.54) is 12.1 Å². The number of nitrogens with one attached hydrogen (secondary N) is 1. The summed E-state index contributed by atoms with van der Waals surface area (Å²) in [5.74, 6) is -1.74. The lowest BCUT2D eigenvalue weighted by molar-refractivity contribution is 0.0937. The van der Waals surface area contributed by atoms with Crippen molar-refractivity contribution >= 4 is 11.7 Å². The fourth-order valence-electron chi connectivity index (χ4n) is 1.40. The highest BCUT2D eigenvalue weighted by atomic mass is 19.1. The predicted molar refractivity (Wildman–Crippen MR) is 63.0 cm³/mol. The minimum atomic E-state index is -0.816. The number of hydrogen-bond donors (Lipinski definition) is 4. The van der Waals surface area contributed by atoms with Crippen molar-refractivity contribution in [2.24, 2.45) is 10.9 Å². The van der Waals surface area contributed by atoms with Gasteiger partial charge in [0.25, 0.3) is 5.91 Å². The molecule has 0 saturated heterocycles. The third kappa shape index (κ3) is 3.62. The lowest BCUT2D eigenvalue weighted by Gasteiger charge is -2.13. The number of aromatic hydroxyl groups is 1. The van der Waals surface area contributed by atoms with E-state index in [4.69, 9.17) is 16.0 Å². The van der Waals surface area contributed by atoms with Gasteiger partial charge in [0.15, 0.2) is 0 Å². The van der Waals surface area contributed by atoms with Gasteiger partial charge in [-0.15, -0.1) is 0 Å². The quantitative estimate of drug-likeness (QED) is 0.276. The fourth-order valence-corrected chi connectivity index (χ4v) is 1.40. The largest absolute Gasteiger partial charge is 0.508 e. The molecule has 18 heavy (non-hydrogen) atoms. The normalized spacial score (nSPS) is 13.1. The third-order valence-electron chi connectivity index (χ3n) is 2.22. The Balaban J connectivity index is 2.71. The second kappa shape index (κ2) is 5.85. The van der Waals surface area contributed by atoms with E-state index < -0.39 is 17.8 Å². The van der Waals surface area contributed by atoms with Crippen LogP contribution in [0.1, 0.15) is 23.7 Å². The molecule has 0 heterocycles. The van der Waals surface area contributed by atoms with E-state index in [9.17, 15) is 9.18 Å². The van der Waals surface area contributed by atoms with Crippen LogP contribution in [0, 0.1) is 5.82 Å². The number of amides is 1. The van der Waals surface area contributed by atoms with E-state index in [1.807, 2.05) is 0 Å². The van der Waals surface area contributed by atoms with Gasteiger partial charge in [-0.3, -0.25) is 4.79 Å². The summed E-state index contributed by atoms with van der Waals surface area (Å²) >= 11 is 0. The number of carbonyl (C=O) groups excluding carboxylic acids is 1. The SMILES string of the molecule is CC(C/C(N)=N/O)NC(=O)c1ccc(O)cc1F.